The molecule has 248 valence electrons. The molecule has 8 rings (SSSR count). The van der Waals surface area contributed by atoms with Crippen LogP contribution in [0.3, 0.4) is 0 Å². The summed E-state index contributed by atoms with van der Waals surface area (Å²) in [7, 11) is 0. The normalized spacial score (nSPS) is 23.0. The Morgan fingerprint density at radius 2 is 1.71 bits per heavy atom. The first-order chi connectivity index (χ1) is 23.3. The van der Waals surface area contributed by atoms with Crippen molar-refractivity contribution < 1.29 is 9.59 Å². The molecule has 2 aliphatic heterocycles. The molecule has 1 aliphatic carbocycles. The third kappa shape index (κ3) is 5.11. The van der Waals surface area contributed by atoms with Gasteiger partial charge in [-0.3, -0.25) is 9.59 Å². The van der Waals surface area contributed by atoms with E-state index < -0.39 is 0 Å². The molecule has 3 aliphatic rings. The van der Waals surface area contributed by atoms with E-state index in [2.05, 4.69) is 85.0 Å². The zero-order valence-electron chi connectivity index (χ0n) is 28.6. The fourth-order valence-electron chi connectivity index (χ4n) is 8.70. The molecule has 4 heterocycles. The summed E-state index contributed by atoms with van der Waals surface area (Å²) in [6.07, 6.45) is 11.6. The van der Waals surface area contributed by atoms with Crippen molar-refractivity contribution in [2.45, 2.75) is 110 Å². The van der Waals surface area contributed by atoms with Gasteiger partial charge in [-0.25, -0.2) is 9.97 Å². The number of nitrogens with one attached hydrogen (secondary N) is 2. The van der Waals surface area contributed by atoms with Crippen LogP contribution in [-0.4, -0.2) is 54.1 Å². The number of nitrogens with zero attached hydrogens (tertiary/aromatic N) is 4. The van der Waals surface area contributed by atoms with E-state index in [0.717, 1.165) is 91.5 Å². The van der Waals surface area contributed by atoms with Crippen molar-refractivity contribution >= 4 is 34.1 Å². The van der Waals surface area contributed by atoms with Crippen LogP contribution in [0.25, 0.3) is 44.2 Å². The number of rotatable bonds is 8. The van der Waals surface area contributed by atoms with Crippen LogP contribution < -0.4 is 0 Å². The third-order valence-corrected chi connectivity index (χ3v) is 11.6. The van der Waals surface area contributed by atoms with E-state index in [1.807, 2.05) is 11.1 Å². The Balaban J connectivity index is 1.10. The van der Waals surface area contributed by atoms with Crippen LogP contribution in [0.1, 0.15) is 108 Å². The van der Waals surface area contributed by atoms with Crippen LogP contribution in [-0.2, 0) is 22.4 Å². The number of H-pyrrole nitrogens is 2. The second-order valence-electron chi connectivity index (χ2n) is 14.6. The Morgan fingerprint density at radius 1 is 0.938 bits per heavy atom. The topological polar surface area (TPSA) is 98.0 Å². The van der Waals surface area contributed by atoms with Gasteiger partial charge >= 0.3 is 0 Å². The van der Waals surface area contributed by atoms with E-state index in [0.29, 0.717) is 12.3 Å². The van der Waals surface area contributed by atoms with E-state index >= 15 is 0 Å². The smallest absolute Gasteiger partial charge is 0.223 e. The van der Waals surface area contributed by atoms with Gasteiger partial charge in [0.1, 0.15) is 11.6 Å². The van der Waals surface area contributed by atoms with Gasteiger partial charge in [-0.05, 0) is 104 Å². The average Bonchev–Trinajstić information content (AvgIpc) is 3.93. The largest absolute Gasteiger partial charge is 0.340 e. The number of amides is 2. The monoisotopic (exact) mass is 642 g/mol. The van der Waals surface area contributed by atoms with Gasteiger partial charge < -0.3 is 19.8 Å². The van der Waals surface area contributed by atoms with Gasteiger partial charge in [0.2, 0.25) is 12.3 Å². The van der Waals surface area contributed by atoms with Gasteiger partial charge in [0.25, 0.3) is 0 Å². The summed E-state index contributed by atoms with van der Waals surface area (Å²) in [6, 6.07) is 16.1. The zero-order valence-corrected chi connectivity index (χ0v) is 28.6. The molecule has 2 aromatic heterocycles. The van der Waals surface area contributed by atoms with Crippen LogP contribution in [0.5, 0.6) is 0 Å². The number of carbonyl (C=O) groups excluding carboxylic acids is 2. The number of benzene rings is 3. The minimum absolute atomic E-state index is 0.00369. The Kier molecular flexibility index (Phi) is 7.85. The highest BCUT2D eigenvalue weighted by atomic mass is 16.2. The molecule has 0 spiro atoms. The maximum Gasteiger partial charge on any atom is 0.223 e. The molecule has 2 saturated heterocycles. The maximum absolute atomic E-state index is 13.3. The Bertz CT molecular complexity index is 2030. The predicted octanol–water partition coefficient (Wildman–Crippen LogP) is 8.43. The lowest BCUT2D eigenvalue weighted by Gasteiger charge is -2.28. The molecule has 2 N–H and O–H groups in total. The second kappa shape index (κ2) is 12.2. The fourth-order valence-corrected chi connectivity index (χ4v) is 8.70. The summed E-state index contributed by atoms with van der Waals surface area (Å²) >= 11 is 0. The highest BCUT2D eigenvalue weighted by molar-refractivity contribution is 6.05. The third-order valence-electron chi connectivity index (χ3n) is 11.6. The quantitative estimate of drug-likeness (QED) is 0.166. The standard InChI is InChI=1S/C40H46N6O2/c1-5-23(2)19-37(48)46-25(4)10-18-36(46)40-42-33-16-12-27-20-26(11-13-29(27)38(33)44-40)28-14-15-32(31-8-6-7-30(28)31)34-21-41-39(43-34)35-17-9-24(3)45(35)22-47/h11-16,20-25,35-36H,5-10,17-19H2,1-4H3,(H,41,43)(H,42,44). The van der Waals surface area contributed by atoms with Crippen LogP contribution in [0.4, 0.5) is 0 Å². The minimum Gasteiger partial charge on any atom is -0.340 e. The highest BCUT2D eigenvalue weighted by Crippen LogP contribution is 2.42. The molecule has 5 aromatic rings. The van der Waals surface area contributed by atoms with Crippen LogP contribution in [0.2, 0.25) is 0 Å². The number of hydrogen-bond donors (Lipinski definition) is 2. The highest BCUT2D eigenvalue weighted by Gasteiger charge is 2.37. The first-order valence-corrected chi connectivity index (χ1v) is 18.0. The molecule has 0 saturated carbocycles. The number of aromatic amines is 2. The van der Waals surface area contributed by atoms with E-state index in [4.69, 9.17) is 9.97 Å². The number of aromatic nitrogens is 4. The number of carbonyl (C=O) groups is 2. The maximum atomic E-state index is 13.3. The van der Waals surface area contributed by atoms with Gasteiger partial charge in [-0.2, -0.15) is 0 Å². The van der Waals surface area contributed by atoms with Gasteiger partial charge in [0.15, 0.2) is 0 Å². The predicted molar refractivity (Wildman–Crippen MR) is 190 cm³/mol. The van der Waals surface area contributed by atoms with Crippen LogP contribution >= 0.6 is 0 Å². The lowest BCUT2D eigenvalue weighted by Crippen LogP contribution is -2.36. The lowest BCUT2D eigenvalue weighted by atomic mass is 9.91. The molecule has 5 atom stereocenters. The molecule has 0 radical (unpaired) electrons. The van der Waals surface area contributed by atoms with Crippen molar-refractivity contribution in [3.8, 4) is 22.4 Å². The van der Waals surface area contributed by atoms with Crippen molar-refractivity contribution in [1.82, 2.24) is 29.7 Å². The van der Waals surface area contributed by atoms with E-state index in [1.54, 1.807) is 0 Å². The fraction of sp³-hybridized carbons (Fsp3) is 0.450. The Labute approximate surface area is 282 Å². The van der Waals surface area contributed by atoms with Crippen molar-refractivity contribution in [3.63, 3.8) is 0 Å². The minimum atomic E-state index is -0.00369. The molecule has 5 unspecified atom stereocenters. The molecule has 2 fully saturated rings. The summed E-state index contributed by atoms with van der Waals surface area (Å²) in [5.74, 6) is 2.42. The summed E-state index contributed by atoms with van der Waals surface area (Å²) in [4.78, 5) is 46.2. The average molecular weight is 643 g/mol. The molecule has 8 nitrogen and oxygen atoms in total. The lowest BCUT2D eigenvalue weighted by molar-refractivity contribution is -0.135. The Morgan fingerprint density at radius 3 is 2.52 bits per heavy atom. The summed E-state index contributed by atoms with van der Waals surface area (Å²) < 4.78 is 0. The zero-order chi connectivity index (χ0) is 33.1. The van der Waals surface area contributed by atoms with Crippen LogP contribution in [0, 0.1) is 5.92 Å². The molecule has 8 heteroatoms. The first-order valence-electron chi connectivity index (χ1n) is 18.0. The number of likely N-dealkylation sites (tertiary alicyclic amines) is 2. The van der Waals surface area contributed by atoms with Gasteiger partial charge in [0, 0.05) is 29.5 Å². The van der Waals surface area contributed by atoms with E-state index in [-0.39, 0.29) is 30.1 Å². The summed E-state index contributed by atoms with van der Waals surface area (Å²) in [5, 5.41) is 2.30. The van der Waals surface area contributed by atoms with Gasteiger partial charge in [0.05, 0.1) is 35.0 Å². The molecule has 2 amide bonds. The summed E-state index contributed by atoms with van der Waals surface area (Å²) in [6.45, 7) is 8.59. The van der Waals surface area contributed by atoms with Gasteiger partial charge in [-0.1, -0.05) is 50.6 Å². The second-order valence-corrected chi connectivity index (χ2v) is 14.6. The van der Waals surface area contributed by atoms with Crippen molar-refractivity contribution in [1.29, 1.82) is 0 Å². The van der Waals surface area contributed by atoms with Gasteiger partial charge in [-0.15, -0.1) is 0 Å². The van der Waals surface area contributed by atoms with Crippen molar-refractivity contribution in [3.05, 3.63) is 71.4 Å². The molecular formula is C40H46N6O2. The SMILES string of the molecule is CCC(C)CC(=O)N1C(C)CCC1c1nc2c(ccc3cc(-c4ccc(-c5cnc(C6CCC(C)N6C=O)[nH]5)c5c4CCC5)ccc32)[nH]1. The van der Waals surface area contributed by atoms with Crippen LogP contribution in [0.15, 0.2) is 48.7 Å². The molecule has 48 heavy (non-hydrogen) atoms. The van der Waals surface area contributed by atoms with E-state index in [9.17, 15) is 9.59 Å². The molecular weight excluding hydrogens is 596 g/mol. The van der Waals surface area contributed by atoms with Crippen molar-refractivity contribution in [2.75, 3.05) is 0 Å². The summed E-state index contributed by atoms with van der Waals surface area (Å²) in [5.41, 5.74) is 9.59. The number of imidazole rings is 2. The number of fused-ring (bicyclic) bond motifs is 4. The molecule has 0 bridgehead atoms. The van der Waals surface area contributed by atoms with Crippen molar-refractivity contribution in [2.24, 2.45) is 5.92 Å². The van der Waals surface area contributed by atoms with E-state index in [1.165, 1.54) is 33.2 Å². The first kappa shape index (κ1) is 30.8. The number of hydrogen-bond acceptors (Lipinski definition) is 4. The Hall–Kier alpha value is -4.46. The molecule has 3 aromatic carbocycles.